The number of pyridine rings is 1. The summed E-state index contributed by atoms with van der Waals surface area (Å²) in [4.78, 5) is 4.45. The first kappa shape index (κ1) is 17.9. The molecule has 144 valence electrons. The molecule has 0 saturated heterocycles. The van der Waals surface area contributed by atoms with Crippen LogP contribution in [0.1, 0.15) is 5.56 Å². The number of hydrogen-bond acceptors (Lipinski definition) is 5. The van der Waals surface area contributed by atoms with Crippen molar-refractivity contribution in [1.29, 1.82) is 0 Å². The Kier molecular flexibility index (Phi) is 4.02. The number of fused-ring (bicyclic) bond motifs is 3. The van der Waals surface area contributed by atoms with Gasteiger partial charge in [-0.25, -0.2) is 4.98 Å². The molecule has 0 radical (unpaired) electrons. The summed E-state index contributed by atoms with van der Waals surface area (Å²) in [5, 5.41) is 16.4. The molecular formula is C19H14F3N3O3. The van der Waals surface area contributed by atoms with Gasteiger partial charge in [0, 0.05) is 21.7 Å². The summed E-state index contributed by atoms with van der Waals surface area (Å²) in [5.41, 5.74) is 0.0596. The van der Waals surface area contributed by atoms with Gasteiger partial charge in [0.05, 0.1) is 26.1 Å². The number of rotatable bonds is 3. The minimum absolute atomic E-state index is 0.0332. The summed E-state index contributed by atoms with van der Waals surface area (Å²) >= 11 is 0. The average Bonchev–Trinajstić information content (AvgIpc) is 3.14. The molecule has 0 spiro atoms. The van der Waals surface area contributed by atoms with E-state index in [0.717, 1.165) is 7.11 Å². The zero-order valence-electron chi connectivity index (χ0n) is 14.8. The number of nitrogens with one attached hydrogen (secondary N) is 1. The molecule has 0 aliphatic carbocycles. The first-order valence-electron chi connectivity index (χ1n) is 8.13. The second kappa shape index (κ2) is 6.29. The Bertz CT molecular complexity index is 1180. The number of alkyl halides is 3. The SMILES string of the molecule is COc1cc2c(-c3ccc(O)cc3)nc3[nH]ncc3c2c(C(F)(F)F)c1OC. The molecule has 0 aliphatic heterocycles. The molecule has 2 aromatic carbocycles. The molecule has 2 N–H and O–H groups in total. The topological polar surface area (TPSA) is 80.3 Å². The van der Waals surface area contributed by atoms with E-state index in [-0.39, 0.29) is 33.3 Å². The molecule has 4 aromatic rings. The second-order valence-electron chi connectivity index (χ2n) is 6.05. The number of aromatic hydroxyl groups is 1. The van der Waals surface area contributed by atoms with Gasteiger partial charge < -0.3 is 14.6 Å². The van der Waals surface area contributed by atoms with Gasteiger partial charge in [-0.3, -0.25) is 5.10 Å². The summed E-state index contributed by atoms with van der Waals surface area (Å²) in [6.07, 6.45) is -3.41. The highest BCUT2D eigenvalue weighted by Crippen LogP contribution is 2.49. The lowest BCUT2D eigenvalue weighted by atomic mass is 9.96. The fourth-order valence-electron chi connectivity index (χ4n) is 3.29. The highest BCUT2D eigenvalue weighted by molar-refractivity contribution is 6.13. The molecule has 0 unspecified atom stereocenters. The van der Waals surface area contributed by atoms with Gasteiger partial charge in [0.15, 0.2) is 17.1 Å². The first-order chi connectivity index (χ1) is 13.3. The number of phenolic OH excluding ortho intramolecular Hbond substituents is 1. The molecule has 4 rings (SSSR count). The molecule has 0 atom stereocenters. The van der Waals surface area contributed by atoms with Crippen LogP contribution < -0.4 is 9.47 Å². The van der Waals surface area contributed by atoms with E-state index in [1.165, 1.54) is 31.5 Å². The van der Waals surface area contributed by atoms with Crippen LogP contribution >= 0.6 is 0 Å². The maximum Gasteiger partial charge on any atom is 0.420 e. The number of H-pyrrole nitrogens is 1. The Morgan fingerprint density at radius 3 is 2.36 bits per heavy atom. The van der Waals surface area contributed by atoms with Crippen molar-refractivity contribution in [3.8, 4) is 28.5 Å². The van der Waals surface area contributed by atoms with Gasteiger partial charge in [-0.15, -0.1) is 0 Å². The molecule has 2 aromatic heterocycles. The molecule has 0 bridgehead atoms. The van der Waals surface area contributed by atoms with Gasteiger partial charge >= 0.3 is 6.18 Å². The number of nitrogens with zero attached hydrogens (tertiary/aromatic N) is 2. The van der Waals surface area contributed by atoms with Crippen molar-refractivity contribution in [2.24, 2.45) is 0 Å². The van der Waals surface area contributed by atoms with Crippen LogP contribution in [0.3, 0.4) is 0 Å². The minimum Gasteiger partial charge on any atom is -0.508 e. The normalized spacial score (nSPS) is 11.9. The molecule has 0 saturated carbocycles. The molecule has 6 nitrogen and oxygen atoms in total. The zero-order valence-corrected chi connectivity index (χ0v) is 14.8. The lowest BCUT2D eigenvalue weighted by Gasteiger charge is -2.19. The van der Waals surface area contributed by atoms with Crippen LogP contribution in [0.25, 0.3) is 33.1 Å². The van der Waals surface area contributed by atoms with Gasteiger partial charge in [-0.2, -0.15) is 18.3 Å². The van der Waals surface area contributed by atoms with Gasteiger partial charge in [0.2, 0.25) is 0 Å². The number of benzene rings is 2. The van der Waals surface area contributed by atoms with E-state index in [0.29, 0.717) is 11.3 Å². The number of hydrogen-bond donors (Lipinski definition) is 2. The smallest absolute Gasteiger partial charge is 0.420 e. The minimum atomic E-state index is -4.71. The number of phenols is 1. The molecule has 2 heterocycles. The van der Waals surface area contributed by atoms with Crippen molar-refractivity contribution in [3.63, 3.8) is 0 Å². The Morgan fingerprint density at radius 2 is 1.75 bits per heavy atom. The summed E-state index contributed by atoms with van der Waals surface area (Å²) in [6, 6.07) is 7.48. The number of ether oxygens (including phenoxy) is 2. The Hall–Kier alpha value is -3.49. The third-order valence-corrected chi connectivity index (χ3v) is 4.46. The van der Waals surface area contributed by atoms with E-state index >= 15 is 0 Å². The van der Waals surface area contributed by atoms with Gasteiger partial charge in [0.1, 0.15) is 11.3 Å². The summed E-state index contributed by atoms with van der Waals surface area (Å²) in [5.74, 6) is -0.439. The van der Waals surface area contributed by atoms with Crippen LogP contribution in [0.5, 0.6) is 17.2 Å². The zero-order chi connectivity index (χ0) is 20.1. The van der Waals surface area contributed by atoms with Crippen LogP contribution in [0.4, 0.5) is 13.2 Å². The van der Waals surface area contributed by atoms with Crippen molar-refractivity contribution >= 4 is 21.8 Å². The number of aromatic nitrogens is 3. The lowest BCUT2D eigenvalue weighted by molar-refractivity contribution is -0.137. The standard InChI is InChI=1S/C19H14F3N3O3/c1-27-13-7-11-14(15(17(13)28-2)19(20,21)22)12-8-23-25-18(12)24-16(11)9-3-5-10(26)6-4-9/h3-8,26H,1-2H3,(H,23,24,25). The van der Waals surface area contributed by atoms with Gasteiger partial charge in [-0.05, 0) is 30.3 Å². The van der Waals surface area contributed by atoms with Crippen LogP contribution in [-0.2, 0) is 6.18 Å². The largest absolute Gasteiger partial charge is 0.508 e. The molecule has 9 heteroatoms. The quantitative estimate of drug-likeness (QED) is 0.539. The predicted molar refractivity (Wildman–Crippen MR) is 96.6 cm³/mol. The molecule has 28 heavy (non-hydrogen) atoms. The van der Waals surface area contributed by atoms with Crippen LogP contribution in [0.2, 0.25) is 0 Å². The highest BCUT2D eigenvalue weighted by Gasteiger charge is 2.39. The number of halogens is 3. The highest BCUT2D eigenvalue weighted by atomic mass is 19.4. The Balaban J connectivity index is 2.25. The van der Waals surface area contributed by atoms with Crippen molar-refractivity contribution in [2.75, 3.05) is 14.2 Å². The van der Waals surface area contributed by atoms with Gasteiger partial charge in [-0.1, -0.05) is 0 Å². The second-order valence-corrected chi connectivity index (χ2v) is 6.05. The molecular weight excluding hydrogens is 375 g/mol. The Morgan fingerprint density at radius 1 is 1.04 bits per heavy atom. The van der Waals surface area contributed by atoms with Crippen molar-refractivity contribution in [2.45, 2.75) is 6.18 Å². The number of methoxy groups -OCH3 is 2. The van der Waals surface area contributed by atoms with Crippen LogP contribution in [0, 0.1) is 0 Å². The van der Waals surface area contributed by atoms with E-state index in [2.05, 4.69) is 15.2 Å². The van der Waals surface area contributed by atoms with Crippen molar-refractivity contribution in [3.05, 3.63) is 42.1 Å². The van der Waals surface area contributed by atoms with Crippen LogP contribution in [0.15, 0.2) is 36.5 Å². The first-order valence-corrected chi connectivity index (χ1v) is 8.13. The van der Waals surface area contributed by atoms with E-state index in [1.807, 2.05) is 0 Å². The average molecular weight is 389 g/mol. The van der Waals surface area contributed by atoms with E-state index in [4.69, 9.17) is 9.47 Å². The summed E-state index contributed by atoms with van der Waals surface area (Å²) in [7, 11) is 2.43. The van der Waals surface area contributed by atoms with Crippen LogP contribution in [-0.4, -0.2) is 34.5 Å². The van der Waals surface area contributed by atoms with E-state index in [1.54, 1.807) is 12.1 Å². The molecule has 0 aliphatic rings. The summed E-state index contributed by atoms with van der Waals surface area (Å²) in [6.45, 7) is 0. The number of aromatic amines is 1. The fraction of sp³-hybridized carbons (Fsp3) is 0.158. The van der Waals surface area contributed by atoms with Gasteiger partial charge in [0.25, 0.3) is 0 Å². The predicted octanol–water partition coefficient (Wildman–Crippen LogP) is 4.52. The lowest BCUT2D eigenvalue weighted by Crippen LogP contribution is -2.10. The fourth-order valence-corrected chi connectivity index (χ4v) is 3.29. The maximum atomic E-state index is 14.1. The molecule has 0 amide bonds. The van der Waals surface area contributed by atoms with Crippen molar-refractivity contribution < 1.29 is 27.8 Å². The third-order valence-electron chi connectivity index (χ3n) is 4.46. The van der Waals surface area contributed by atoms with E-state index in [9.17, 15) is 18.3 Å². The third kappa shape index (κ3) is 2.67. The molecule has 0 fully saturated rings. The van der Waals surface area contributed by atoms with E-state index < -0.39 is 17.5 Å². The summed E-state index contributed by atoms with van der Waals surface area (Å²) < 4.78 is 52.5. The maximum absolute atomic E-state index is 14.1. The monoisotopic (exact) mass is 389 g/mol. The van der Waals surface area contributed by atoms with Crippen molar-refractivity contribution in [1.82, 2.24) is 15.2 Å². The Labute approximate surface area is 156 Å².